The van der Waals surface area contributed by atoms with Crippen molar-refractivity contribution in [1.29, 1.82) is 0 Å². The Morgan fingerprint density at radius 3 is 2.69 bits per heavy atom. The second-order valence-electron chi connectivity index (χ2n) is 9.14. The number of rotatable bonds is 1. The molecule has 0 unspecified atom stereocenters. The molecule has 0 aromatic rings. The number of hydrogen-bond donors (Lipinski definition) is 1. The first-order chi connectivity index (χ1) is 12.1. The Balaban J connectivity index is 1.87. The minimum absolute atomic E-state index is 0.130. The molecule has 4 rings (SSSR count). The predicted molar refractivity (Wildman–Crippen MR) is 102 cm³/mol. The molecular weight excluding hydrogens is 374 g/mol. The molecule has 0 heterocycles. The number of aliphatic hydroxyl groups is 1. The summed E-state index contributed by atoms with van der Waals surface area (Å²) in [5.41, 5.74) is -0.605. The fraction of sp³-hybridized carbons (Fsp3) is 0.762. The topological polar surface area (TPSA) is 37.3 Å². The van der Waals surface area contributed by atoms with Gasteiger partial charge in [0.1, 0.15) is 6.17 Å². The number of aliphatic hydroxyl groups excluding tert-OH is 1. The lowest BCUT2D eigenvalue weighted by Gasteiger charge is -2.64. The summed E-state index contributed by atoms with van der Waals surface area (Å²) in [4.78, 5) is 11.0. The van der Waals surface area contributed by atoms with Crippen LogP contribution < -0.4 is 0 Å². The Labute approximate surface area is 164 Å². The summed E-state index contributed by atoms with van der Waals surface area (Å²) in [5.74, 6) is -0.00896. The quantitative estimate of drug-likeness (QED) is 0.640. The predicted octanol–water partition coefficient (Wildman–Crippen LogP) is 4.82. The van der Waals surface area contributed by atoms with Crippen molar-refractivity contribution in [2.75, 3.05) is 0 Å². The second-order valence-corrected chi connectivity index (χ2v) is 10.3. The zero-order chi connectivity index (χ0) is 19.1. The van der Waals surface area contributed by atoms with E-state index in [2.05, 4.69) is 13.8 Å². The second kappa shape index (κ2) is 5.81. The lowest BCUT2D eigenvalue weighted by molar-refractivity contribution is -0.111. The van der Waals surface area contributed by atoms with Crippen LogP contribution in [-0.2, 0) is 4.79 Å². The monoisotopic (exact) mass is 400 g/mol. The lowest BCUT2D eigenvalue weighted by Crippen LogP contribution is -2.67. The van der Waals surface area contributed by atoms with Gasteiger partial charge in [-0.15, -0.1) is 23.2 Å². The molecule has 144 valence electrons. The number of carbonyl (C=O) groups excluding carboxylic acids is 1. The number of hydrogen-bond acceptors (Lipinski definition) is 2. The van der Waals surface area contributed by atoms with E-state index < -0.39 is 27.9 Å². The molecule has 5 heteroatoms. The van der Waals surface area contributed by atoms with E-state index in [1.807, 2.05) is 6.92 Å². The summed E-state index contributed by atoms with van der Waals surface area (Å²) in [5, 5.41) is 10.6. The normalized spacial score (nSPS) is 55.8. The molecule has 4 aliphatic carbocycles. The molecule has 9 atom stereocenters. The van der Waals surface area contributed by atoms with Crippen LogP contribution in [-0.4, -0.2) is 33.4 Å². The van der Waals surface area contributed by atoms with Crippen molar-refractivity contribution in [3.63, 3.8) is 0 Å². The van der Waals surface area contributed by atoms with Gasteiger partial charge in [0.05, 0.1) is 16.4 Å². The van der Waals surface area contributed by atoms with Crippen LogP contribution in [0.4, 0.5) is 4.39 Å². The zero-order valence-corrected chi connectivity index (χ0v) is 17.0. The van der Waals surface area contributed by atoms with Crippen molar-refractivity contribution in [2.45, 2.75) is 69.0 Å². The van der Waals surface area contributed by atoms with E-state index >= 15 is 4.39 Å². The van der Waals surface area contributed by atoms with Gasteiger partial charge in [-0.2, -0.15) is 0 Å². The Kier molecular flexibility index (Phi) is 4.24. The summed E-state index contributed by atoms with van der Waals surface area (Å²) in [6.45, 7) is 6.10. The van der Waals surface area contributed by atoms with Crippen molar-refractivity contribution in [1.82, 2.24) is 0 Å². The van der Waals surface area contributed by atoms with Gasteiger partial charge in [0.25, 0.3) is 0 Å². The molecule has 0 aromatic carbocycles. The van der Waals surface area contributed by atoms with Crippen LogP contribution in [0.3, 0.4) is 0 Å². The van der Waals surface area contributed by atoms with Gasteiger partial charge >= 0.3 is 0 Å². The average Bonchev–Trinajstić information content (AvgIpc) is 2.84. The molecule has 0 aliphatic heterocycles. The largest absolute Gasteiger partial charge is 0.392 e. The number of fused-ring (bicyclic) bond motifs is 5. The third kappa shape index (κ3) is 2.06. The molecule has 3 fully saturated rings. The summed E-state index contributed by atoms with van der Waals surface area (Å²) in [6, 6.07) is 0. The molecule has 0 bridgehead atoms. The summed E-state index contributed by atoms with van der Waals surface area (Å²) >= 11 is 14.3. The van der Waals surface area contributed by atoms with Gasteiger partial charge in [-0.1, -0.05) is 26.8 Å². The first kappa shape index (κ1) is 19.0. The van der Waals surface area contributed by atoms with E-state index in [1.54, 1.807) is 6.08 Å². The van der Waals surface area contributed by atoms with Crippen molar-refractivity contribution in [2.24, 2.45) is 28.6 Å². The third-order valence-electron chi connectivity index (χ3n) is 8.26. The standard InChI is InChI=1S/C21H27Cl2FO2/c1-4-20-10-17(22)21(23)14(13(20)7-11(2)18(20)26)9-16(24)15-8-12(25)5-6-19(15,21)3/h5-6,8,11,13-14,16-18,26H,4,7,9-10H2,1-3H3/t11-,13+,14+,16+,17+,18-,19+,20+,21+/m1/s1. The van der Waals surface area contributed by atoms with Crippen LogP contribution in [0.2, 0.25) is 0 Å². The maximum atomic E-state index is 15.3. The van der Waals surface area contributed by atoms with Crippen molar-refractivity contribution in [3.05, 3.63) is 23.8 Å². The number of ketones is 1. The highest BCUT2D eigenvalue weighted by Crippen LogP contribution is 2.71. The fourth-order valence-corrected chi connectivity index (χ4v) is 8.03. The first-order valence-electron chi connectivity index (χ1n) is 9.72. The lowest BCUT2D eigenvalue weighted by atomic mass is 9.46. The van der Waals surface area contributed by atoms with E-state index in [4.69, 9.17) is 23.2 Å². The molecular formula is C21H27Cl2FO2. The van der Waals surface area contributed by atoms with Gasteiger partial charge in [0.15, 0.2) is 5.78 Å². The van der Waals surface area contributed by atoms with Crippen molar-refractivity contribution >= 4 is 29.0 Å². The summed E-state index contributed by atoms with van der Waals surface area (Å²) in [6.07, 6.45) is 5.65. The van der Waals surface area contributed by atoms with Crippen LogP contribution in [0, 0.1) is 28.6 Å². The molecule has 26 heavy (non-hydrogen) atoms. The molecule has 0 radical (unpaired) electrons. The average molecular weight is 401 g/mol. The summed E-state index contributed by atoms with van der Waals surface area (Å²) in [7, 11) is 0. The maximum Gasteiger partial charge on any atom is 0.178 e. The Bertz CT molecular complexity index is 706. The van der Waals surface area contributed by atoms with Gasteiger partial charge < -0.3 is 5.11 Å². The van der Waals surface area contributed by atoms with Gasteiger partial charge in [-0.3, -0.25) is 4.79 Å². The first-order valence-corrected chi connectivity index (χ1v) is 10.5. The molecule has 0 saturated heterocycles. The van der Waals surface area contributed by atoms with E-state index in [0.717, 1.165) is 12.8 Å². The number of carbonyl (C=O) groups is 1. The van der Waals surface area contributed by atoms with Crippen LogP contribution in [0.25, 0.3) is 0 Å². The maximum absolute atomic E-state index is 15.3. The van der Waals surface area contributed by atoms with Gasteiger partial charge in [-0.05, 0) is 61.2 Å². The van der Waals surface area contributed by atoms with E-state index in [9.17, 15) is 9.90 Å². The van der Waals surface area contributed by atoms with Crippen molar-refractivity contribution < 1.29 is 14.3 Å². The number of halogens is 3. The summed E-state index contributed by atoms with van der Waals surface area (Å²) < 4.78 is 15.3. The van der Waals surface area contributed by atoms with E-state index in [0.29, 0.717) is 12.0 Å². The molecule has 2 nitrogen and oxygen atoms in total. The van der Waals surface area contributed by atoms with Crippen LogP contribution >= 0.6 is 23.2 Å². The molecule has 1 N–H and O–H groups in total. The zero-order valence-electron chi connectivity index (χ0n) is 15.5. The Morgan fingerprint density at radius 2 is 2.04 bits per heavy atom. The molecule has 3 saturated carbocycles. The van der Waals surface area contributed by atoms with E-state index in [1.165, 1.54) is 12.2 Å². The van der Waals surface area contributed by atoms with E-state index in [-0.39, 0.29) is 35.4 Å². The van der Waals surface area contributed by atoms with Crippen molar-refractivity contribution in [3.8, 4) is 0 Å². The highest BCUT2D eigenvalue weighted by atomic mass is 35.5. The van der Waals surface area contributed by atoms with Crippen LogP contribution in [0.1, 0.15) is 46.5 Å². The SMILES string of the molecule is CC[C@]12C[C@H](Cl)[C@@]3(Cl)[C@@H](C[C@H](F)C4=CC(=O)C=C[C@@]43C)[C@@H]1C[C@@H](C)[C@H]2O. The minimum atomic E-state index is -1.20. The highest BCUT2D eigenvalue weighted by Gasteiger charge is 2.71. The third-order valence-corrected chi connectivity index (χ3v) is 9.81. The molecule has 4 aliphatic rings. The Hall–Kier alpha value is -0.380. The van der Waals surface area contributed by atoms with Gasteiger partial charge in [0.2, 0.25) is 0 Å². The molecule has 0 spiro atoms. The molecule has 0 amide bonds. The van der Waals surface area contributed by atoms with Gasteiger partial charge in [0, 0.05) is 10.8 Å². The Morgan fingerprint density at radius 1 is 1.35 bits per heavy atom. The smallest absolute Gasteiger partial charge is 0.178 e. The van der Waals surface area contributed by atoms with Crippen LogP contribution in [0.15, 0.2) is 23.8 Å². The highest BCUT2D eigenvalue weighted by molar-refractivity contribution is 6.34. The van der Waals surface area contributed by atoms with Gasteiger partial charge in [-0.25, -0.2) is 4.39 Å². The molecule has 0 aromatic heterocycles. The fourth-order valence-electron chi connectivity index (χ4n) is 6.87. The van der Waals surface area contributed by atoms with Crippen LogP contribution in [0.5, 0.6) is 0 Å². The minimum Gasteiger partial charge on any atom is -0.392 e. The number of allylic oxidation sites excluding steroid dienone is 4. The number of alkyl halides is 3.